The molecule has 2 aliphatic heterocycles. The summed E-state index contributed by atoms with van der Waals surface area (Å²) in [6.07, 6.45) is 1.15. The van der Waals surface area contributed by atoms with Gasteiger partial charge in [0.05, 0.1) is 11.9 Å². The molecule has 0 radical (unpaired) electrons. The predicted octanol–water partition coefficient (Wildman–Crippen LogP) is 0.294. The highest BCUT2D eigenvalue weighted by Gasteiger charge is 2.52. The van der Waals surface area contributed by atoms with Gasteiger partial charge in [-0.25, -0.2) is 8.42 Å². The number of sulfonamides is 1. The number of ether oxygens (including phenoxy) is 1. The van der Waals surface area contributed by atoms with E-state index in [1.807, 2.05) is 13.0 Å². The molecule has 9 heteroatoms. The third kappa shape index (κ3) is 3.05. The van der Waals surface area contributed by atoms with Crippen molar-refractivity contribution in [1.82, 2.24) is 9.21 Å². The Labute approximate surface area is 153 Å². The smallest absolute Gasteiger partial charge is 0.280 e. The maximum absolute atomic E-state index is 13.1. The Kier molecular flexibility index (Phi) is 4.70. The van der Waals surface area contributed by atoms with Crippen LogP contribution in [0.1, 0.15) is 13.8 Å². The standard InChI is InChI=1S/C17H23N3O5S/c1-4-20-13-7-5-6-8-14(13)25-17(2,16(20)22)15(21)18-9-11-19(12-10-18)26(3,23)24/h5-8H,4,9-12H2,1-3H3. The molecule has 26 heavy (non-hydrogen) atoms. The van der Waals surface area contributed by atoms with E-state index in [2.05, 4.69) is 0 Å². The molecular formula is C17H23N3O5S. The van der Waals surface area contributed by atoms with Crippen LogP contribution in [0.2, 0.25) is 0 Å². The van der Waals surface area contributed by atoms with Crippen LogP contribution in [0.3, 0.4) is 0 Å². The van der Waals surface area contributed by atoms with Crippen LogP contribution < -0.4 is 9.64 Å². The first-order chi connectivity index (χ1) is 12.2. The molecule has 1 atom stereocenters. The monoisotopic (exact) mass is 381 g/mol. The van der Waals surface area contributed by atoms with Crippen LogP contribution in [0.4, 0.5) is 5.69 Å². The summed E-state index contributed by atoms with van der Waals surface area (Å²) in [6, 6.07) is 7.12. The molecule has 1 aromatic carbocycles. The summed E-state index contributed by atoms with van der Waals surface area (Å²) >= 11 is 0. The van der Waals surface area contributed by atoms with Crippen molar-refractivity contribution >= 4 is 27.5 Å². The van der Waals surface area contributed by atoms with E-state index in [1.54, 1.807) is 23.1 Å². The van der Waals surface area contributed by atoms with Gasteiger partial charge in [0.25, 0.3) is 17.4 Å². The summed E-state index contributed by atoms with van der Waals surface area (Å²) in [5.74, 6) is -0.364. The number of likely N-dealkylation sites (N-methyl/N-ethyl adjacent to an activating group) is 1. The fourth-order valence-corrected chi connectivity index (χ4v) is 4.20. The fourth-order valence-electron chi connectivity index (χ4n) is 3.37. The third-order valence-corrected chi connectivity index (χ3v) is 6.15. The molecule has 142 valence electrons. The lowest BCUT2D eigenvalue weighted by Crippen LogP contribution is -2.65. The lowest BCUT2D eigenvalue weighted by Gasteiger charge is -2.43. The quantitative estimate of drug-likeness (QED) is 0.703. The summed E-state index contributed by atoms with van der Waals surface area (Å²) in [5.41, 5.74) is -1.01. The molecular weight excluding hydrogens is 358 g/mol. The fraction of sp³-hybridized carbons (Fsp3) is 0.529. The number of rotatable bonds is 3. The minimum atomic E-state index is -3.29. The highest BCUT2D eigenvalue weighted by Crippen LogP contribution is 2.38. The number of hydrogen-bond donors (Lipinski definition) is 0. The van der Waals surface area contributed by atoms with Gasteiger partial charge < -0.3 is 14.5 Å². The molecule has 0 spiro atoms. The van der Waals surface area contributed by atoms with E-state index >= 15 is 0 Å². The summed E-state index contributed by atoms with van der Waals surface area (Å²) in [7, 11) is -3.29. The molecule has 1 saturated heterocycles. The lowest BCUT2D eigenvalue weighted by molar-refractivity contribution is -0.156. The molecule has 1 aromatic rings. The Morgan fingerprint density at radius 3 is 2.38 bits per heavy atom. The summed E-state index contributed by atoms with van der Waals surface area (Å²) < 4.78 is 30.5. The molecule has 0 saturated carbocycles. The zero-order chi connectivity index (χ0) is 19.1. The normalized spacial score (nSPS) is 24.2. The molecule has 3 rings (SSSR count). The number of fused-ring (bicyclic) bond motifs is 1. The Hall–Kier alpha value is -2.13. The maximum atomic E-state index is 13.1. The Morgan fingerprint density at radius 1 is 1.19 bits per heavy atom. The van der Waals surface area contributed by atoms with E-state index in [4.69, 9.17) is 4.74 Å². The zero-order valence-corrected chi connectivity index (χ0v) is 16.0. The Balaban J connectivity index is 1.84. The highest BCUT2D eigenvalue weighted by atomic mass is 32.2. The van der Waals surface area contributed by atoms with Crippen LogP contribution in [0.5, 0.6) is 5.75 Å². The molecule has 1 fully saturated rings. The zero-order valence-electron chi connectivity index (χ0n) is 15.1. The molecule has 2 aliphatic rings. The second-order valence-electron chi connectivity index (χ2n) is 6.61. The third-order valence-electron chi connectivity index (χ3n) is 4.84. The van der Waals surface area contributed by atoms with Gasteiger partial charge in [-0.2, -0.15) is 4.31 Å². The van der Waals surface area contributed by atoms with Gasteiger partial charge in [-0.3, -0.25) is 9.59 Å². The number of nitrogens with zero attached hydrogens (tertiary/aromatic N) is 3. The van der Waals surface area contributed by atoms with Gasteiger partial charge in [-0.15, -0.1) is 0 Å². The Morgan fingerprint density at radius 2 is 1.81 bits per heavy atom. The number of hydrogen-bond acceptors (Lipinski definition) is 5. The van der Waals surface area contributed by atoms with Crippen molar-refractivity contribution in [2.45, 2.75) is 19.4 Å². The van der Waals surface area contributed by atoms with Crippen LogP contribution in [0.25, 0.3) is 0 Å². The van der Waals surface area contributed by atoms with Crippen molar-refractivity contribution in [3.8, 4) is 5.75 Å². The van der Waals surface area contributed by atoms with Gasteiger partial charge in [0.1, 0.15) is 5.75 Å². The number of carbonyl (C=O) groups excluding carboxylic acids is 2. The first-order valence-corrected chi connectivity index (χ1v) is 10.4. The van der Waals surface area contributed by atoms with Gasteiger partial charge in [-0.1, -0.05) is 12.1 Å². The minimum absolute atomic E-state index is 0.211. The van der Waals surface area contributed by atoms with Crippen molar-refractivity contribution in [1.29, 1.82) is 0 Å². The molecule has 8 nitrogen and oxygen atoms in total. The van der Waals surface area contributed by atoms with E-state index in [0.29, 0.717) is 18.0 Å². The van der Waals surface area contributed by atoms with Crippen LogP contribution in [-0.2, 0) is 19.6 Å². The lowest BCUT2D eigenvalue weighted by atomic mass is 9.98. The summed E-state index contributed by atoms with van der Waals surface area (Å²) in [4.78, 5) is 29.1. The molecule has 0 aromatic heterocycles. The molecule has 0 N–H and O–H groups in total. The van der Waals surface area contributed by atoms with Gasteiger partial charge in [0, 0.05) is 32.7 Å². The van der Waals surface area contributed by atoms with Crippen molar-refractivity contribution in [2.75, 3.05) is 43.9 Å². The average Bonchev–Trinajstić information content (AvgIpc) is 2.61. The average molecular weight is 381 g/mol. The van der Waals surface area contributed by atoms with E-state index in [1.165, 1.54) is 16.1 Å². The van der Waals surface area contributed by atoms with Gasteiger partial charge >= 0.3 is 0 Å². The molecule has 1 unspecified atom stereocenters. The highest BCUT2D eigenvalue weighted by molar-refractivity contribution is 7.88. The minimum Gasteiger partial charge on any atom is -0.465 e. The maximum Gasteiger partial charge on any atom is 0.280 e. The molecule has 2 heterocycles. The van der Waals surface area contributed by atoms with Crippen LogP contribution in [0, 0.1) is 0 Å². The Bertz CT molecular complexity index is 833. The van der Waals surface area contributed by atoms with Gasteiger partial charge in [-0.05, 0) is 26.0 Å². The van der Waals surface area contributed by atoms with Crippen molar-refractivity contribution in [3.63, 3.8) is 0 Å². The predicted molar refractivity (Wildman–Crippen MR) is 96.5 cm³/mol. The molecule has 2 amide bonds. The second-order valence-corrected chi connectivity index (χ2v) is 8.59. The SMILES string of the molecule is CCN1C(=O)C(C)(C(=O)N2CCN(S(C)(=O)=O)CC2)Oc2ccccc21. The number of para-hydroxylation sites is 2. The first kappa shape index (κ1) is 18.7. The van der Waals surface area contributed by atoms with Crippen molar-refractivity contribution in [3.05, 3.63) is 24.3 Å². The van der Waals surface area contributed by atoms with Crippen LogP contribution in [0.15, 0.2) is 24.3 Å². The number of benzene rings is 1. The van der Waals surface area contributed by atoms with Gasteiger partial charge in [0.15, 0.2) is 0 Å². The topological polar surface area (TPSA) is 87.2 Å². The van der Waals surface area contributed by atoms with Crippen LogP contribution in [-0.4, -0.2) is 74.0 Å². The van der Waals surface area contributed by atoms with E-state index in [9.17, 15) is 18.0 Å². The van der Waals surface area contributed by atoms with E-state index in [-0.39, 0.29) is 26.2 Å². The number of amides is 2. The number of piperazine rings is 1. The molecule has 0 bridgehead atoms. The summed E-state index contributed by atoms with van der Waals surface area (Å²) in [5, 5.41) is 0. The summed E-state index contributed by atoms with van der Waals surface area (Å²) in [6.45, 7) is 4.63. The second kappa shape index (κ2) is 6.55. The molecule has 0 aliphatic carbocycles. The van der Waals surface area contributed by atoms with Crippen molar-refractivity contribution in [2.24, 2.45) is 0 Å². The van der Waals surface area contributed by atoms with E-state index in [0.717, 1.165) is 6.26 Å². The van der Waals surface area contributed by atoms with Crippen molar-refractivity contribution < 1.29 is 22.7 Å². The van der Waals surface area contributed by atoms with E-state index < -0.39 is 27.4 Å². The van der Waals surface area contributed by atoms with Crippen LogP contribution >= 0.6 is 0 Å². The number of anilines is 1. The first-order valence-electron chi connectivity index (χ1n) is 8.53. The number of carbonyl (C=O) groups is 2. The van der Waals surface area contributed by atoms with Gasteiger partial charge in [0.2, 0.25) is 10.0 Å². The largest absolute Gasteiger partial charge is 0.465 e.